The van der Waals surface area contributed by atoms with Gasteiger partial charge >= 0.3 is 0 Å². The first kappa shape index (κ1) is 18.4. The number of nitrogens with one attached hydrogen (secondary N) is 1. The predicted molar refractivity (Wildman–Crippen MR) is 106 cm³/mol. The number of rotatable bonds is 6. The minimum absolute atomic E-state index is 0.262. The predicted octanol–water partition coefficient (Wildman–Crippen LogP) is 3.57. The molecule has 0 unspecified atom stereocenters. The molecule has 0 atom stereocenters. The van der Waals surface area contributed by atoms with Crippen LogP contribution in [0.3, 0.4) is 0 Å². The summed E-state index contributed by atoms with van der Waals surface area (Å²) in [6, 6.07) is 8.39. The van der Waals surface area contributed by atoms with Gasteiger partial charge in [-0.2, -0.15) is 0 Å². The molecule has 2 heterocycles. The lowest BCUT2D eigenvalue weighted by atomic mass is 9.99. The molecule has 136 valence electrons. The van der Waals surface area contributed by atoms with E-state index in [0.717, 1.165) is 39.1 Å². The van der Waals surface area contributed by atoms with E-state index in [1.807, 2.05) is 31.3 Å². The summed E-state index contributed by atoms with van der Waals surface area (Å²) in [6.07, 6.45) is 4.45. The van der Waals surface area contributed by atoms with Crippen LogP contribution in [0.1, 0.15) is 5.56 Å². The molecule has 0 saturated heterocycles. The Bertz CT molecular complexity index is 889. The molecule has 5 nitrogen and oxygen atoms in total. The van der Waals surface area contributed by atoms with Gasteiger partial charge in [0.2, 0.25) is 0 Å². The molecule has 7 heteroatoms. The summed E-state index contributed by atoms with van der Waals surface area (Å²) >= 11 is 1.53. The van der Waals surface area contributed by atoms with Crippen molar-refractivity contribution in [2.24, 2.45) is 5.73 Å². The van der Waals surface area contributed by atoms with Gasteiger partial charge in [0.25, 0.3) is 0 Å². The summed E-state index contributed by atoms with van der Waals surface area (Å²) < 4.78 is 13.3. The fourth-order valence-corrected chi connectivity index (χ4v) is 3.33. The Labute approximate surface area is 156 Å². The number of hydrogen-bond acceptors (Lipinski definition) is 5. The van der Waals surface area contributed by atoms with Gasteiger partial charge in [-0.25, -0.2) is 14.4 Å². The maximum absolute atomic E-state index is 13.3. The van der Waals surface area contributed by atoms with E-state index in [1.54, 1.807) is 18.3 Å². The number of thioether (sulfide) groups is 1. The van der Waals surface area contributed by atoms with Crippen molar-refractivity contribution in [3.8, 4) is 22.5 Å². The number of imidazole rings is 1. The summed E-state index contributed by atoms with van der Waals surface area (Å²) in [5.41, 5.74) is 10.5. The zero-order chi connectivity index (χ0) is 18.7. The van der Waals surface area contributed by atoms with Crippen molar-refractivity contribution in [2.45, 2.75) is 11.6 Å². The number of benzene rings is 1. The molecule has 3 rings (SSSR count). The number of H-pyrrole nitrogens is 1. The van der Waals surface area contributed by atoms with Crippen LogP contribution in [0.15, 0.2) is 41.7 Å². The highest BCUT2D eigenvalue weighted by Gasteiger charge is 2.19. The van der Waals surface area contributed by atoms with E-state index in [0.29, 0.717) is 13.0 Å². The molecule has 0 radical (unpaired) electrons. The summed E-state index contributed by atoms with van der Waals surface area (Å²) in [7, 11) is 3.93. The molecule has 0 spiro atoms. The SMILES string of the molecule is CSc1nc(-c2ccnc(N(C)C)c2CCN)c(-c2ccc(F)cc2)[nH]1. The molecule has 3 N–H and O–H groups in total. The normalized spacial score (nSPS) is 11.0. The Morgan fingerprint density at radius 1 is 1.19 bits per heavy atom. The Morgan fingerprint density at radius 2 is 1.92 bits per heavy atom. The lowest BCUT2D eigenvalue weighted by Crippen LogP contribution is -2.16. The van der Waals surface area contributed by atoms with Crippen molar-refractivity contribution >= 4 is 17.6 Å². The molecule has 0 aliphatic heterocycles. The molecular formula is C19H22FN5S. The third kappa shape index (κ3) is 3.59. The highest BCUT2D eigenvalue weighted by molar-refractivity contribution is 7.98. The lowest BCUT2D eigenvalue weighted by Gasteiger charge is -2.18. The highest BCUT2D eigenvalue weighted by Crippen LogP contribution is 2.36. The van der Waals surface area contributed by atoms with E-state index in [1.165, 1.54) is 23.9 Å². The Hall–Kier alpha value is -2.38. The second-order valence-corrected chi connectivity index (χ2v) is 6.87. The molecule has 2 aromatic heterocycles. The van der Waals surface area contributed by atoms with Crippen molar-refractivity contribution in [1.82, 2.24) is 15.0 Å². The van der Waals surface area contributed by atoms with Crippen LogP contribution in [0.4, 0.5) is 10.2 Å². The lowest BCUT2D eigenvalue weighted by molar-refractivity contribution is 0.628. The number of pyridine rings is 1. The van der Waals surface area contributed by atoms with E-state index in [2.05, 4.69) is 9.97 Å². The number of anilines is 1. The molecule has 3 aromatic rings. The van der Waals surface area contributed by atoms with E-state index in [4.69, 9.17) is 10.7 Å². The van der Waals surface area contributed by atoms with Crippen molar-refractivity contribution in [2.75, 3.05) is 31.8 Å². The quantitative estimate of drug-likeness (QED) is 0.648. The van der Waals surface area contributed by atoms with Crippen LogP contribution in [0.2, 0.25) is 0 Å². The van der Waals surface area contributed by atoms with Crippen molar-refractivity contribution < 1.29 is 4.39 Å². The summed E-state index contributed by atoms with van der Waals surface area (Å²) in [6.45, 7) is 0.519. The van der Waals surface area contributed by atoms with Crippen LogP contribution in [0.25, 0.3) is 22.5 Å². The first-order valence-corrected chi connectivity index (χ1v) is 9.53. The largest absolute Gasteiger partial charge is 0.362 e. The molecule has 0 fully saturated rings. The first-order chi connectivity index (χ1) is 12.5. The average Bonchev–Trinajstić information content (AvgIpc) is 3.07. The Kier molecular flexibility index (Phi) is 5.58. The number of aromatic amines is 1. The minimum atomic E-state index is -0.262. The van der Waals surface area contributed by atoms with E-state index in [-0.39, 0.29) is 5.82 Å². The van der Waals surface area contributed by atoms with Crippen LogP contribution < -0.4 is 10.6 Å². The van der Waals surface area contributed by atoms with Crippen LogP contribution in [-0.4, -0.2) is 41.8 Å². The molecule has 0 amide bonds. The van der Waals surface area contributed by atoms with Crippen LogP contribution in [-0.2, 0) is 6.42 Å². The molecule has 0 bridgehead atoms. The number of aromatic nitrogens is 3. The van der Waals surface area contributed by atoms with Crippen LogP contribution in [0, 0.1) is 5.82 Å². The molecule has 0 aliphatic rings. The Morgan fingerprint density at radius 3 is 2.54 bits per heavy atom. The smallest absolute Gasteiger partial charge is 0.166 e. The van der Waals surface area contributed by atoms with Crippen molar-refractivity contribution in [3.63, 3.8) is 0 Å². The van der Waals surface area contributed by atoms with E-state index < -0.39 is 0 Å². The second-order valence-electron chi connectivity index (χ2n) is 6.07. The van der Waals surface area contributed by atoms with Gasteiger partial charge in [0.05, 0.1) is 11.4 Å². The number of hydrogen-bond donors (Lipinski definition) is 2. The van der Waals surface area contributed by atoms with Gasteiger partial charge in [-0.1, -0.05) is 11.8 Å². The van der Waals surface area contributed by atoms with E-state index in [9.17, 15) is 4.39 Å². The maximum Gasteiger partial charge on any atom is 0.166 e. The van der Waals surface area contributed by atoms with Crippen molar-refractivity contribution in [1.29, 1.82) is 0 Å². The monoisotopic (exact) mass is 371 g/mol. The molecule has 1 aromatic carbocycles. The van der Waals surface area contributed by atoms with Gasteiger partial charge in [0.1, 0.15) is 11.6 Å². The van der Waals surface area contributed by atoms with Crippen LogP contribution in [0.5, 0.6) is 0 Å². The Balaban J connectivity index is 2.22. The third-order valence-electron chi connectivity index (χ3n) is 4.11. The summed E-state index contributed by atoms with van der Waals surface area (Å²) in [5.74, 6) is 0.620. The summed E-state index contributed by atoms with van der Waals surface area (Å²) in [4.78, 5) is 14.6. The summed E-state index contributed by atoms with van der Waals surface area (Å²) in [5, 5.41) is 0.807. The molecule has 0 aliphatic carbocycles. The maximum atomic E-state index is 13.3. The van der Waals surface area contributed by atoms with Gasteiger partial charge in [0, 0.05) is 37.0 Å². The fraction of sp³-hybridized carbons (Fsp3) is 0.263. The van der Waals surface area contributed by atoms with Crippen LogP contribution >= 0.6 is 11.8 Å². The van der Waals surface area contributed by atoms with Gasteiger partial charge in [-0.05, 0) is 49.6 Å². The zero-order valence-electron chi connectivity index (χ0n) is 15.1. The van der Waals surface area contributed by atoms with Gasteiger partial charge in [-0.15, -0.1) is 0 Å². The topological polar surface area (TPSA) is 70.8 Å². The molecule has 0 saturated carbocycles. The van der Waals surface area contributed by atoms with Gasteiger partial charge in [-0.3, -0.25) is 0 Å². The van der Waals surface area contributed by atoms with Gasteiger partial charge in [0.15, 0.2) is 5.16 Å². The number of nitrogens with two attached hydrogens (primary N) is 1. The minimum Gasteiger partial charge on any atom is -0.362 e. The standard InChI is InChI=1S/C19H22FN5S/c1-25(2)18-15(8-10-21)14(9-11-22-18)17-16(23-19(24-17)26-3)12-4-6-13(20)7-5-12/h4-7,9,11H,8,10,21H2,1-3H3,(H,23,24). The van der Waals surface area contributed by atoms with Gasteiger partial charge < -0.3 is 15.6 Å². The molecular weight excluding hydrogens is 349 g/mol. The van der Waals surface area contributed by atoms with Crippen molar-refractivity contribution in [3.05, 3.63) is 47.9 Å². The molecule has 26 heavy (non-hydrogen) atoms. The first-order valence-electron chi connectivity index (χ1n) is 8.30. The fourth-order valence-electron chi connectivity index (χ4n) is 2.95. The third-order valence-corrected chi connectivity index (χ3v) is 4.69. The number of halogens is 1. The zero-order valence-corrected chi connectivity index (χ0v) is 15.9. The second kappa shape index (κ2) is 7.88. The average molecular weight is 371 g/mol. The number of nitrogens with zero attached hydrogens (tertiary/aromatic N) is 3. The van der Waals surface area contributed by atoms with E-state index >= 15 is 0 Å². The highest BCUT2D eigenvalue weighted by atomic mass is 32.2.